The number of aryl methyl sites for hydroxylation is 1. The lowest BCUT2D eigenvalue weighted by molar-refractivity contribution is 0.250. The summed E-state index contributed by atoms with van der Waals surface area (Å²) in [6.07, 6.45) is 5.97. The molecule has 130 valence electrons. The molecule has 2 aromatic heterocycles. The van der Waals surface area contributed by atoms with Crippen molar-refractivity contribution in [1.29, 1.82) is 0 Å². The molecule has 3 aromatic rings. The largest absolute Gasteiger partial charge is 0.481 e. The van der Waals surface area contributed by atoms with Crippen LogP contribution in [0.5, 0.6) is 5.88 Å². The number of methoxy groups -OCH3 is 1. The van der Waals surface area contributed by atoms with Crippen LogP contribution in [0.25, 0.3) is 10.8 Å². The average molecular weight is 337 g/mol. The van der Waals surface area contributed by atoms with Crippen LogP contribution >= 0.6 is 0 Å². The smallest absolute Gasteiger partial charge is 0.221 e. The van der Waals surface area contributed by atoms with Crippen LogP contribution in [0.3, 0.4) is 0 Å². The number of fused-ring (bicyclic) bond motifs is 1. The number of hydrogen-bond acceptors (Lipinski definition) is 5. The lowest BCUT2D eigenvalue weighted by Gasteiger charge is -2.35. The van der Waals surface area contributed by atoms with Gasteiger partial charge in [-0.2, -0.15) is 5.10 Å². The van der Waals surface area contributed by atoms with Gasteiger partial charge in [0.05, 0.1) is 19.0 Å². The second-order valence-corrected chi connectivity index (χ2v) is 6.47. The van der Waals surface area contributed by atoms with Crippen molar-refractivity contribution in [3.63, 3.8) is 0 Å². The van der Waals surface area contributed by atoms with Gasteiger partial charge in [0, 0.05) is 57.6 Å². The van der Waals surface area contributed by atoms with Crippen molar-refractivity contribution in [1.82, 2.24) is 19.7 Å². The Morgan fingerprint density at radius 2 is 1.80 bits per heavy atom. The number of rotatable bonds is 4. The van der Waals surface area contributed by atoms with Crippen molar-refractivity contribution in [3.05, 3.63) is 48.4 Å². The van der Waals surface area contributed by atoms with E-state index in [0.29, 0.717) is 5.88 Å². The van der Waals surface area contributed by atoms with Crippen LogP contribution in [0.2, 0.25) is 0 Å². The van der Waals surface area contributed by atoms with E-state index < -0.39 is 0 Å². The van der Waals surface area contributed by atoms with Gasteiger partial charge < -0.3 is 9.64 Å². The maximum absolute atomic E-state index is 5.40. The number of piperazine rings is 1. The van der Waals surface area contributed by atoms with E-state index in [0.717, 1.165) is 38.1 Å². The fourth-order valence-corrected chi connectivity index (χ4v) is 3.49. The topological polar surface area (TPSA) is 46.4 Å². The highest BCUT2D eigenvalue weighted by atomic mass is 16.5. The van der Waals surface area contributed by atoms with Gasteiger partial charge in [0.1, 0.15) is 0 Å². The molecule has 1 fully saturated rings. The Morgan fingerprint density at radius 1 is 1.04 bits per heavy atom. The zero-order valence-electron chi connectivity index (χ0n) is 14.7. The van der Waals surface area contributed by atoms with E-state index in [-0.39, 0.29) is 0 Å². The number of benzene rings is 1. The summed E-state index contributed by atoms with van der Waals surface area (Å²) in [6, 6.07) is 8.33. The van der Waals surface area contributed by atoms with E-state index in [9.17, 15) is 0 Å². The summed E-state index contributed by atoms with van der Waals surface area (Å²) in [4.78, 5) is 9.37. The van der Waals surface area contributed by atoms with Crippen molar-refractivity contribution >= 4 is 16.5 Å². The Bertz CT molecular complexity index is 867. The average Bonchev–Trinajstić information content (AvgIpc) is 3.09. The maximum Gasteiger partial charge on any atom is 0.221 e. The van der Waals surface area contributed by atoms with Crippen molar-refractivity contribution in [2.24, 2.45) is 7.05 Å². The zero-order valence-corrected chi connectivity index (χ0v) is 14.7. The predicted octanol–water partition coefficient (Wildman–Crippen LogP) is 2.30. The molecule has 0 atom stereocenters. The van der Waals surface area contributed by atoms with Crippen LogP contribution in [-0.2, 0) is 13.6 Å². The molecule has 25 heavy (non-hydrogen) atoms. The van der Waals surface area contributed by atoms with E-state index in [2.05, 4.69) is 44.3 Å². The molecule has 0 radical (unpaired) electrons. The molecule has 1 aliphatic heterocycles. The number of aromatic nitrogens is 3. The molecule has 4 rings (SSSR count). The molecular weight excluding hydrogens is 314 g/mol. The van der Waals surface area contributed by atoms with Crippen LogP contribution in [0.15, 0.2) is 42.9 Å². The third-order valence-electron chi connectivity index (χ3n) is 4.86. The normalized spacial score (nSPS) is 15.7. The van der Waals surface area contributed by atoms with Gasteiger partial charge in [-0.1, -0.05) is 18.2 Å². The minimum Gasteiger partial charge on any atom is -0.481 e. The molecule has 6 heteroatoms. The summed E-state index contributed by atoms with van der Waals surface area (Å²) in [6.45, 7) is 5.03. The molecule has 0 N–H and O–H groups in total. The second kappa shape index (κ2) is 6.72. The van der Waals surface area contributed by atoms with Crippen LogP contribution in [0, 0.1) is 0 Å². The van der Waals surface area contributed by atoms with Crippen molar-refractivity contribution in [3.8, 4) is 5.88 Å². The summed E-state index contributed by atoms with van der Waals surface area (Å²) in [5.41, 5.74) is 2.46. The number of nitrogens with zero attached hydrogens (tertiary/aromatic N) is 5. The van der Waals surface area contributed by atoms with E-state index in [1.165, 1.54) is 16.6 Å². The summed E-state index contributed by atoms with van der Waals surface area (Å²) in [7, 11) is 3.63. The molecule has 0 amide bonds. The predicted molar refractivity (Wildman–Crippen MR) is 99.0 cm³/mol. The Morgan fingerprint density at radius 3 is 2.48 bits per heavy atom. The highest BCUT2D eigenvalue weighted by Gasteiger charge is 2.19. The number of pyridine rings is 1. The Balaban J connectivity index is 1.48. The minimum atomic E-state index is 0.695. The fourth-order valence-electron chi connectivity index (χ4n) is 3.49. The van der Waals surface area contributed by atoms with Crippen LogP contribution in [0.4, 0.5) is 5.69 Å². The highest BCUT2D eigenvalue weighted by molar-refractivity contribution is 5.89. The fraction of sp³-hybridized carbons (Fsp3) is 0.368. The lowest BCUT2D eigenvalue weighted by atomic mass is 10.1. The standard InChI is InChI=1S/C19H23N5O/c1-22-14-16(12-21-22)24-9-7-23(8-10-24)13-15-11-20-19(25-2)18-6-4-3-5-17(15)18/h3-6,11-12,14H,7-10,13H2,1-2H3. The van der Waals surface area contributed by atoms with Gasteiger partial charge in [0.2, 0.25) is 5.88 Å². The Labute approximate surface area is 147 Å². The van der Waals surface area contributed by atoms with Gasteiger partial charge in [-0.25, -0.2) is 4.98 Å². The van der Waals surface area contributed by atoms with Gasteiger partial charge in [0.15, 0.2) is 0 Å². The number of ether oxygens (including phenoxy) is 1. The van der Waals surface area contributed by atoms with Crippen LogP contribution in [0.1, 0.15) is 5.56 Å². The monoisotopic (exact) mass is 337 g/mol. The molecule has 0 bridgehead atoms. The SMILES string of the molecule is COc1ncc(CN2CCN(c3cnn(C)c3)CC2)c2ccccc12. The number of hydrogen-bond donors (Lipinski definition) is 0. The van der Waals surface area contributed by atoms with Gasteiger partial charge in [-0.05, 0) is 17.0 Å². The van der Waals surface area contributed by atoms with Crippen molar-refractivity contribution in [2.45, 2.75) is 6.54 Å². The molecule has 1 aromatic carbocycles. The van der Waals surface area contributed by atoms with E-state index in [1.807, 2.05) is 30.2 Å². The third-order valence-corrected chi connectivity index (χ3v) is 4.86. The summed E-state index contributed by atoms with van der Waals surface area (Å²) in [5.74, 6) is 0.695. The van der Waals surface area contributed by atoms with Gasteiger partial charge in [0.25, 0.3) is 0 Å². The van der Waals surface area contributed by atoms with E-state index in [4.69, 9.17) is 4.74 Å². The first-order chi connectivity index (χ1) is 12.2. The summed E-state index contributed by atoms with van der Waals surface area (Å²) >= 11 is 0. The molecule has 0 saturated carbocycles. The highest BCUT2D eigenvalue weighted by Crippen LogP contribution is 2.27. The zero-order chi connectivity index (χ0) is 17.2. The van der Waals surface area contributed by atoms with Crippen molar-refractivity contribution in [2.75, 3.05) is 38.2 Å². The Hall–Kier alpha value is -2.60. The molecule has 1 saturated heterocycles. The maximum atomic E-state index is 5.40. The number of anilines is 1. The molecule has 0 spiro atoms. The van der Waals surface area contributed by atoms with Gasteiger partial charge in [-0.3, -0.25) is 9.58 Å². The van der Waals surface area contributed by atoms with E-state index in [1.54, 1.807) is 7.11 Å². The van der Waals surface area contributed by atoms with Crippen LogP contribution < -0.4 is 9.64 Å². The summed E-state index contributed by atoms with van der Waals surface area (Å²) < 4.78 is 7.26. The summed E-state index contributed by atoms with van der Waals surface area (Å²) in [5, 5.41) is 6.58. The van der Waals surface area contributed by atoms with Crippen molar-refractivity contribution < 1.29 is 4.74 Å². The van der Waals surface area contributed by atoms with Gasteiger partial charge in [-0.15, -0.1) is 0 Å². The quantitative estimate of drug-likeness (QED) is 0.731. The lowest BCUT2D eigenvalue weighted by Crippen LogP contribution is -2.45. The molecule has 3 heterocycles. The first kappa shape index (κ1) is 15.9. The first-order valence-electron chi connectivity index (χ1n) is 8.61. The third kappa shape index (κ3) is 3.17. The minimum absolute atomic E-state index is 0.695. The Kier molecular flexibility index (Phi) is 4.28. The molecule has 1 aliphatic rings. The molecule has 0 unspecified atom stereocenters. The van der Waals surface area contributed by atoms with Gasteiger partial charge >= 0.3 is 0 Å². The van der Waals surface area contributed by atoms with Crippen LogP contribution in [-0.4, -0.2) is 53.0 Å². The first-order valence-corrected chi connectivity index (χ1v) is 8.61. The van der Waals surface area contributed by atoms with E-state index >= 15 is 0 Å². The molecule has 6 nitrogen and oxygen atoms in total. The molecule has 0 aliphatic carbocycles. The molecular formula is C19H23N5O. The second-order valence-electron chi connectivity index (χ2n) is 6.47.